The first kappa shape index (κ1) is 12.0. The molecule has 2 aromatic rings. The van der Waals surface area contributed by atoms with E-state index in [4.69, 9.17) is 5.73 Å². The van der Waals surface area contributed by atoms with E-state index in [-0.39, 0.29) is 5.56 Å². The van der Waals surface area contributed by atoms with E-state index in [1.54, 1.807) is 18.2 Å². The molecule has 0 spiro atoms. The second-order valence-electron chi connectivity index (χ2n) is 3.52. The lowest BCUT2D eigenvalue weighted by molar-refractivity contribution is 0.102. The molecule has 1 aromatic carbocycles. The molecule has 92 valence electrons. The number of halogens is 2. The van der Waals surface area contributed by atoms with Crippen LogP contribution in [0.3, 0.4) is 0 Å². The van der Waals surface area contributed by atoms with Gasteiger partial charge in [-0.3, -0.25) is 4.79 Å². The molecule has 1 amide bonds. The van der Waals surface area contributed by atoms with Gasteiger partial charge in [0.05, 0.1) is 0 Å². The number of nitrogens with one attached hydrogen (secondary N) is 1. The lowest BCUT2D eigenvalue weighted by atomic mass is 10.1. The number of hydrogen-bond acceptors (Lipinski definition) is 3. The van der Waals surface area contributed by atoms with Crippen molar-refractivity contribution >= 4 is 17.4 Å². The minimum absolute atomic E-state index is 0.162. The molecule has 0 aliphatic heterocycles. The molecule has 0 unspecified atom stereocenters. The Hall–Kier alpha value is -2.50. The van der Waals surface area contributed by atoms with Crippen LogP contribution in [0.1, 0.15) is 10.4 Å². The van der Waals surface area contributed by atoms with Gasteiger partial charge in [-0.25, -0.2) is 13.8 Å². The molecule has 2 rings (SSSR count). The molecule has 0 saturated carbocycles. The van der Waals surface area contributed by atoms with E-state index < -0.39 is 23.2 Å². The molecular formula is C12H9F2N3O. The maximum atomic E-state index is 13.2. The molecule has 1 aromatic heterocycles. The third kappa shape index (κ3) is 2.42. The molecule has 0 radical (unpaired) electrons. The van der Waals surface area contributed by atoms with Crippen LogP contribution in [-0.4, -0.2) is 10.9 Å². The standard InChI is InChI=1S/C12H9F2N3O/c13-8-5-7(6-9(14)11(8)15)12(18)17-10-3-1-2-4-16-10/h1-6H,15H2,(H,16,17,18). The van der Waals surface area contributed by atoms with Crippen molar-refractivity contribution in [3.8, 4) is 0 Å². The van der Waals surface area contributed by atoms with Gasteiger partial charge < -0.3 is 11.1 Å². The van der Waals surface area contributed by atoms with Crippen molar-refractivity contribution in [3.63, 3.8) is 0 Å². The van der Waals surface area contributed by atoms with E-state index in [0.29, 0.717) is 5.82 Å². The number of pyridine rings is 1. The van der Waals surface area contributed by atoms with Gasteiger partial charge in [-0.2, -0.15) is 0 Å². The van der Waals surface area contributed by atoms with Crippen LogP contribution in [-0.2, 0) is 0 Å². The van der Waals surface area contributed by atoms with E-state index in [1.165, 1.54) is 6.20 Å². The number of benzene rings is 1. The number of amides is 1. The van der Waals surface area contributed by atoms with E-state index in [9.17, 15) is 13.6 Å². The minimum Gasteiger partial charge on any atom is -0.394 e. The highest BCUT2D eigenvalue weighted by Crippen LogP contribution is 2.17. The van der Waals surface area contributed by atoms with Gasteiger partial charge in [0.2, 0.25) is 0 Å². The zero-order valence-corrected chi connectivity index (χ0v) is 9.15. The summed E-state index contributed by atoms with van der Waals surface area (Å²) in [7, 11) is 0. The number of anilines is 2. The molecule has 4 nitrogen and oxygen atoms in total. The number of aromatic nitrogens is 1. The lowest BCUT2D eigenvalue weighted by Gasteiger charge is -2.06. The number of nitrogen functional groups attached to an aromatic ring is 1. The summed E-state index contributed by atoms with van der Waals surface area (Å²) in [6, 6.07) is 6.65. The molecule has 6 heteroatoms. The third-order valence-electron chi connectivity index (χ3n) is 2.25. The second-order valence-corrected chi connectivity index (χ2v) is 3.52. The number of carbonyl (C=O) groups is 1. The fourth-order valence-corrected chi connectivity index (χ4v) is 1.34. The molecule has 0 fully saturated rings. The van der Waals surface area contributed by atoms with Crippen molar-refractivity contribution in [2.75, 3.05) is 11.1 Å². The van der Waals surface area contributed by atoms with Crippen molar-refractivity contribution in [1.29, 1.82) is 0 Å². The van der Waals surface area contributed by atoms with Crippen LogP contribution in [0.4, 0.5) is 20.3 Å². The third-order valence-corrected chi connectivity index (χ3v) is 2.25. The van der Waals surface area contributed by atoms with Crippen LogP contribution in [0.5, 0.6) is 0 Å². The fraction of sp³-hybridized carbons (Fsp3) is 0. The van der Waals surface area contributed by atoms with Crippen LogP contribution >= 0.6 is 0 Å². The van der Waals surface area contributed by atoms with E-state index in [1.807, 2.05) is 0 Å². The van der Waals surface area contributed by atoms with Crippen molar-refractivity contribution in [1.82, 2.24) is 4.98 Å². The second kappa shape index (κ2) is 4.79. The quantitative estimate of drug-likeness (QED) is 0.801. The Kier molecular flexibility index (Phi) is 3.18. The molecule has 18 heavy (non-hydrogen) atoms. The summed E-state index contributed by atoms with van der Waals surface area (Å²) in [5.41, 5.74) is 4.34. The number of nitrogens with zero attached hydrogens (tertiary/aromatic N) is 1. The minimum atomic E-state index is -0.971. The molecule has 0 atom stereocenters. The summed E-state index contributed by atoms with van der Waals surface area (Å²) in [6.45, 7) is 0. The average Bonchev–Trinajstić information content (AvgIpc) is 2.36. The first-order chi connectivity index (χ1) is 8.58. The van der Waals surface area contributed by atoms with Crippen LogP contribution in [0, 0.1) is 11.6 Å². The molecular weight excluding hydrogens is 240 g/mol. The Labute approximate surface area is 101 Å². The van der Waals surface area contributed by atoms with Gasteiger partial charge in [-0.1, -0.05) is 6.07 Å². The summed E-state index contributed by atoms with van der Waals surface area (Å²) in [5.74, 6) is -2.31. The smallest absolute Gasteiger partial charge is 0.257 e. The van der Waals surface area contributed by atoms with Crippen LogP contribution < -0.4 is 11.1 Å². The SMILES string of the molecule is Nc1c(F)cc(C(=O)Nc2ccccn2)cc1F. The van der Waals surface area contributed by atoms with Crippen molar-refractivity contribution < 1.29 is 13.6 Å². The van der Waals surface area contributed by atoms with Gasteiger partial charge in [0, 0.05) is 11.8 Å². The maximum Gasteiger partial charge on any atom is 0.257 e. The zero-order chi connectivity index (χ0) is 13.1. The lowest BCUT2D eigenvalue weighted by Crippen LogP contribution is -2.14. The first-order valence-corrected chi connectivity index (χ1v) is 5.05. The predicted molar refractivity (Wildman–Crippen MR) is 63.0 cm³/mol. The van der Waals surface area contributed by atoms with Crippen molar-refractivity contribution in [3.05, 3.63) is 53.7 Å². The normalized spacial score (nSPS) is 10.1. The summed E-state index contributed by atoms with van der Waals surface area (Å²) >= 11 is 0. The fourth-order valence-electron chi connectivity index (χ4n) is 1.34. The van der Waals surface area contributed by atoms with Crippen molar-refractivity contribution in [2.24, 2.45) is 0 Å². The largest absolute Gasteiger partial charge is 0.394 e. The highest BCUT2D eigenvalue weighted by atomic mass is 19.1. The van der Waals surface area contributed by atoms with Gasteiger partial charge in [0.15, 0.2) is 0 Å². The number of carbonyl (C=O) groups excluding carboxylic acids is 1. The monoisotopic (exact) mass is 249 g/mol. The van der Waals surface area contributed by atoms with E-state index in [2.05, 4.69) is 10.3 Å². The first-order valence-electron chi connectivity index (χ1n) is 5.05. The molecule has 0 saturated heterocycles. The Balaban J connectivity index is 2.25. The van der Waals surface area contributed by atoms with Crippen LogP contribution in [0.25, 0.3) is 0 Å². The number of rotatable bonds is 2. The van der Waals surface area contributed by atoms with Gasteiger partial charge in [0.25, 0.3) is 5.91 Å². The molecule has 3 N–H and O–H groups in total. The summed E-state index contributed by atoms with van der Waals surface area (Å²) < 4.78 is 26.4. The van der Waals surface area contributed by atoms with Gasteiger partial charge in [-0.15, -0.1) is 0 Å². The zero-order valence-electron chi connectivity index (χ0n) is 9.15. The summed E-state index contributed by atoms with van der Waals surface area (Å²) in [5, 5.41) is 2.41. The number of nitrogens with two attached hydrogens (primary N) is 1. The molecule has 1 heterocycles. The Morgan fingerprint density at radius 1 is 1.22 bits per heavy atom. The Morgan fingerprint density at radius 3 is 2.44 bits per heavy atom. The Bertz CT molecular complexity index is 564. The average molecular weight is 249 g/mol. The Morgan fingerprint density at radius 2 is 1.89 bits per heavy atom. The van der Waals surface area contributed by atoms with Gasteiger partial charge in [0.1, 0.15) is 23.1 Å². The molecule has 0 bridgehead atoms. The molecule has 0 aliphatic carbocycles. The van der Waals surface area contributed by atoms with Gasteiger partial charge >= 0.3 is 0 Å². The van der Waals surface area contributed by atoms with Gasteiger partial charge in [-0.05, 0) is 24.3 Å². The maximum absolute atomic E-state index is 13.2. The molecule has 0 aliphatic rings. The summed E-state index contributed by atoms with van der Waals surface area (Å²) in [6.07, 6.45) is 1.49. The van der Waals surface area contributed by atoms with E-state index >= 15 is 0 Å². The topological polar surface area (TPSA) is 68.0 Å². The van der Waals surface area contributed by atoms with E-state index in [0.717, 1.165) is 12.1 Å². The highest BCUT2D eigenvalue weighted by Gasteiger charge is 2.13. The highest BCUT2D eigenvalue weighted by molar-refractivity contribution is 6.03. The summed E-state index contributed by atoms with van der Waals surface area (Å²) in [4.78, 5) is 15.6. The van der Waals surface area contributed by atoms with Crippen molar-refractivity contribution in [2.45, 2.75) is 0 Å². The predicted octanol–water partition coefficient (Wildman–Crippen LogP) is 2.19. The number of hydrogen-bond donors (Lipinski definition) is 2. The van der Waals surface area contributed by atoms with Crippen LogP contribution in [0.15, 0.2) is 36.5 Å². The van der Waals surface area contributed by atoms with Crippen LogP contribution in [0.2, 0.25) is 0 Å².